The fraction of sp³-hybridized carbons (Fsp3) is 0. The van der Waals surface area contributed by atoms with Crippen LogP contribution in [0.25, 0.3) is 11.0 Å². The van der Waals surface area contributed by atoms with Gasteiger partial charge in [0.1, 0.15) is 0 Å². The number of nitrogens with two attached hydrogens (primary N) is 1. The maximum Gasteiger partial charge on any atom is 0.316 e. The summed E-state index contributed by atoms with van der Waals surface area (Å²) in [6.07, 6.45) is 1.42. The van der Waals surface area contributed by atoms with Gasteiger partial charge in [0.25, 0.3) is 0 Å². The Hall–Kier alpha value is -2.30. The summed E-state index contributed by atoms with van der Waals surface area (Å²) in [6, 6.07) is 6.05. The Kier molecular flexibility index (Phi) is 2.13. The zero-order chi connectivity index (χ0) is 10.8. The van der Waals surface area contributed by atoms with Gasteiger partial charge in [0.15, 0.2) is 11.0 Å². The largest absolute Gasteiger partial charge is 0.438 e. The Morgan fingerprint density at radius 3 is 2.93 bits per heavy atom. The topological polar surface area (TPSA) is 85.3 Å². The van der Waals surface area contributed by atoms with E-state index in [0.29, 0.717) is 11.1 Å². The van der Waals surface area contributed by atoms with E-state index in [4.69, 9.17) is 10.2 Å². The van der Waals surface area contributed by atoms with E-state index in [9.17, 15) is 9.59 Å². The number of anilines is 2. The van der Waals surface area contributed by atoms with Crippen LogP contribution in [0.3, 0.4) is 0 Å². The van der Waals surface area contributed by atoms with Gasteiger partial charge >= 0.3 is 6.41 Å². The molecule has 0 aliphatic rings. The monoisotopic (exact) mass is 203 g/mol. The fourth-order valence-electron chi connectivity index (χ4n) is 1.31. The standard InChI is InChI=1S/C10H7N2O3/c11-7-3-1-2-6-8(14)4-9(12-5-13)15-10(6)7/h1-4H,11H2,(H,12,13). The molecule has 2 rings (SSSR count). The first-order valence-electron chi connectivity index (χ1n) is 4.18. The van der Waals surface area contributed by atoms with Gasteiger partial charge in [-0.3, -0.25) is 14.9 Å². The Labute approximate surface area is 84.5 Å². The second-order valence-electron chi connectivity index (χ2n) is 2.93. The van der Waals surface area contributed by atoms with Crippen molar-refractivity contribution >= 4 is 29.0 Å². The molecular weight excluding hydrogens is 196 g/mol. The highest BCUT2D eigenvalue weighted by molar-refractivity contribution is 5.88. The molecule has 0 aliphatic heterocycles. The number of carbonyl (C=O) groups excluding carboxylic acids is 1. The van der Waals surface area contributed by atoms with Crippen LogP contribution < -0.4 is 16.5 Å². The molecule has 0 saturated carbocycles. The van der Waals surface area contributed by atoms with Crippen LogP contribution in [0, 0.1) is 0 Å². The lowest BCUT2D eigenvalue weighted by atomic mass is 10.2. The van der Waals surface area contributed by atoms with E-state index in [1.165, 1.54) is 12.5 Å². The van der Waals surface area contributed by atoms with Crippen LogP contribution in [0.4, 0.5) is 11.6 Å². The highest BCUT2D eigenvalue weighted by atomic mass is 16.3. The van der Waals surface area contributed by atoms with Gasteiger partial charge in [-0.2, -0.15) is 0 Å². The maximum absolute atomic E-state index is 11.5. The summed E-state index contributed by atoms with van der Waals surface area (Å²) in [6.45, 7) is 0. The van der Waals surface area contributed by atoms with Crippen molar-refractivity contribution in [3.05, 3.63) is 34.5 Å². The van der Waals surface area contributed by atoms with Crippen molar-refractivity contribution in [3.63, 3.8) is 0 Å². The summed E-state index contributed by atoms with van der Waals surface area (Å²) in [4.78, 5) is 21.6. The number of rotatable bonds is 2. The van der Waals surface area contributed by atoms with Gasteiger partial charge < -0.3 is 10.2 Å². The van der Waals surface area contributed by atoms with E-state index in [2.05, 4.69) is 5.32 Å². The molecule has 1 amide bonds. The zero-order valence-corrected chi connectivity index (χ0v) is 7.61. The minimum atomic E-state index is -0.263. The predicted molar refractivity (Wildman–Crippen MR) is 56.2 cm³/mol. The molecule has 0 atom stereocenters. The molecule has 75 valence electrons. The summed E-state index contributed by atoms with van der Waals surface area (Å²) < 4.78 is 5.22. The minimum Gasteiger partial charge on any atom is -0.438 e. The number of hydrogen-bond acceptors (Lipinski definition) is 4. The number of fused-ring (bicyclic) bond motifs is 1. The molecule has 1 radical (unpaired) electrons. The Morgan fingerprint density at radius 2 is 2.20 bits per heavy atom. The Balaban J connectivity index is 2.79. The van der Waals surface area contributed by atoms with Crippen LogP contribution in [-0.2, 0) is 4.79 Å². The SMILES string of the molecule is Nc1cccc2c(=O)cc(N[C]=O)oc12. The normalized spacial score (nSPS) is 10.1. The van der Waals surface area contributed by atoms with Gasteiger partial charge in [0, 0.05) is 6.07 Å². The van der Waals surface area contributed by atoms with Crippen LogP contribution in [0.1, 0.15) is 0 Å². The molecule has 5 nitrogen and oxygen atoms in total. The van der Waals surface area contributed by atoms with Crippen LogP contribution in [0.2, 0.25) is 0 Å². The molecule has 1 aromatic heterocycles. The molecular formula is C10H7N2O3. The Morgan fingerprint density at radius 1 is 1.40 bits per heavy atom. The molecule has 5 heteroatoms. The second kappa shape index (κ2) is 3.45. The van der Waals surface area contributed by atoms with Crippen molar-refractivity contribution in [2.75, 3.05) is 11.1 Å². The molecule has 1 aromatic carbocycles. The smallest absolute Gasteiger partial charge is 0.316 e. The molecule has 0 aliphatic carbocycles. The van der Waals surface area contributed by atoms with Gasteiger partial charge in [-0.1, -0.05) is 6.07 Å². The lowest BCUT2D eigenvalue weighted by Crippen LogP contribution is -2.04. The summed E-state index contributed by atoms with van der Waals surface area (Å²) in [7, 11) is 0. The first-order valence-corrected chi connectivity index (χ1v) is 4.18. The van der Waals surface area contributed by atoms with Gasteiger partial charge in [-0.15, -0.1) is 0 Å². The van der Waals surface area contributed by atoms with Crippen molar-refractivity contribution < 1.29 is 9.21 Å². The molecule has 0 spiro atoms. The number of para-hydroxylation sites is 1. The average Bonchev–Trinajstić information content (AvgIpc) is 2.20. The third-order valence-electron chi connectivity index (χ3n) is 1.96. The summed E-state index contributed by atoms with van der Waals surface area (Å²) >= 11 is 0. The number of benzene rings is 1. The van der Waals surface area contributed by atoms with E-state index in [0.717, 1.165) is 0 Å². The van der Waals surface area contributed by atoms with E-state index >= 15 is 0 Å². The van der Waals surface area contributed by atoms with Gasteiger partial charge in [0.05, 0.1) is 11.1 Å². The second-order valence-corrected chi connectivity index (χ2v) is 2.93. The van der Waals surface area contributed by atoms with Crippen LogP contribution in [0.5, 0.6) is 0 Å². The summed E-state index contributed by atoms with van der Waals surface area (Å²) in [5, 5.41) is 2.52. The number of hydrogen-bond donors (Lipinski definition) is 2. The first-order chi connectivity index (χ1) is 7.22. The highest BCUT2D eigenvalue weighted by Gasteiger charge is 2.06. The number of nitrogens with one attached hydrogen (secondary N) is 1. The Bertz CT molecular complexity index is 574. The van der Waals surface area contributed by atoms with Gasteiger partial charge in [0.2, 0.25) is 5.88 Å². The van der Waals surface area contributed by atoms with Crippen molar-refractivity contribution in [2.45, 2.75) is 0 Å². The molecule has 2 aromatic rings. The molecule has 1 heterocycles. The number of amides is 1. The first kappa shape index (κ1) is 9.26. The molecule has 0 saturated heterocycles. The van der Waals surface area contributed by atoms with E-state index in [1.807, 2.05) is 0 Å². The predicted octanol–water partition coefficient (Wildman–Crippen LogP) is 0.854. The molecule has 0 unspecified atom stereocenters. The third-order valence-corrected chi connectivity index (χ3v) is 1.96. The van der Waals surface area contributed by atoms with Gasteiger partial charge in [-0.25, -0.2) is 0 Å². The lowest BCUT2D eigenvalue weighted by Gasteiger charge is -2.02. The van der Waals surface area contributed by atoms with Crippen molar-refractivity contribution in [1.29, 1.82) is 0 Å². The molecule has 15 heavy (non-hydrogen) atoms. The van der Waals surface area contributed by atoms with Gasteiger partial charge in [-0.05, 0) is 12.1 Å². The minimum absolute atomic E-state index is 0.0281. The zero-order valence-electron chi connectivity index (χ0n) is 7.61. The van der Waals surface area contributed by atoms with Crippen LogP contribution in [0.15, 0.2) is 33.5 Å². The van der Waals surface area contributed by atoms with Crippen LogP contribution >= 0.6 is 0 Å². The van der Waals surface area contributed by atoms with Crippen molar-refractivity contribution in [1.82, 2.24) is 0 Å². The number of nitrogen functional groups attached to an aromatic ring is 1. The quantitative estimate of drug-likeness (QED) is 0.559. The summed E-state index contributed by atoms with van der Waals surface area (Å²) in [5.41, 5.74) is 5.98. The van der Waals surface area contributed by atoms with Crippen molar-refractivity contribution in [3.8, 4) is 0 Å². The third kappa shape index (κ3) is 1.54. The molecule has 0 bridgehead atoms. The summed E-state index contributed by atoms with van der Waals surface area (Å²) in [5.74, 6) is 0.0281. The maximum atomic E-state index is 11.5. The van der Waals surface area contributed by atoms with E-state index in [-0.39, 0.29) is 16.9 Å². The molecule has 3 N–H and O–H groups in total. The average molecular weight is 203 g/mol. The van der Waals surface area contributed by atoms with E-state index < -0.39 is 0 Å². The fourth-order valence-corrected chi connectivity index (χ4v) is 1.31. The molecule has 0 fully saturated rings. The van der Waals surface area contributed by atoms with Crippen LogP contribution in [-0.4, -0.2) is 6.41 Å². The lowest BCUT2D eigenvalue weighted by molar-refractivity contribution is 0.556. The highest BCUT2D eigenvalue weighted by Crippen LogP contribution is 2.20. The van der Waals surface area contributed by atoms with E-state index in [1.54, 1.807) is 18.2 Å². The van der Waals surface area contributed by atoms with Crippen molar-refractivity contribution in [2.24, 2.45) is 0 Å².